The summed E-state index contributed by atoms with van der Waals surface area (Å²) in [6.07, 6.45) is 0. The summed E-state index contributed by atoms with van der Waals surface area (Å²) in [7, 11) is 3.05. The van der Waals surface area contributed by atoms with Gasteiger partial charge in [0.25, 0.3) is 5.91 Å². The number of nitrogens with one attached hydrogen (secondary N) is 1. The summed E-state index contributed by atoms with van der Waals surface area (Å²) in [6.45, 7) is 1.85. The highest BCUT2D eigenvalue weighted by Gasteiger charge is 2.11. The highest BCUT2D eigenvalue weighted by molar-refractivity contribution is 5.95. The lowest BCUT2D eigenvalue weighted by molar-refractivity contribution is 0.0946. The van der Waals surface area contributed by atoms with Crippen molar-refractivity contribution in [1.82, 2.24) is 15.5 Å². The van der Waals surface area contributed by atoms with Crippen LogP contribution in [0.1, 0.15) is 22.1 Å². The molecular formula is C13H15N3O4. The van der Waals surface area contributed by atoms with Crippen LogP contribution in [0.3, 0.4) is 0 Å². The van der Waals surface area contributed by atoms with Gasteiger partial charge in [0.05, 0.1) is 20.8 Å². The second-order valence-corrected chi connectivity index (χ2v) is 4.00. The molecule has 0 unspecified atom stereocenters. The minimum Gasteiger partial charge on any atom is -0.497 e. The van der Waals surface area contributed by atoms with Gasteiger partial charge in [-0.3, -0.25) is 4.79 Å². The number of ether oxygens (including phenoxy) is 2. The van der Waals surface area contributed by atoms with Gasteiger partial charge in [0.15, 0.2) is 0 Å². The number of amides is 1. The van der Waals surface area contributed by atoms with E-state index in [0.29, 0.717) is 28.8 Å². The Balaban J connectivity index is 2.08. The van der Waals surface area contributed by atoms with E-state index in [-0.39, 0.29) is 12.5 Å². The minimum atomic E-state index is -0.280. The van der Waals surface area contributed by atoms with Gasteiger partial charge < -0.3 is 19.2 Å². The van der Waals surface area contributed by atoms with Crippen LogP contribution in [0.25, 0.3) is 0 Å². The van der Waals surface area contributed by atoms with Crippen LogP contribution in [0, 0.1) is 6.92 Å². The number of carbonyl (C=O) groups excluding carboxylic acids is 1. The van der Waals surface area contributed by atoms with Crippen LogP contribution in [0.15, 0.2) is 22.6 Å². The molecule has 0 atom stereocenters. The Morgan fingerprint density at radius 1 is 1.20 bits per heavy atom. The maximum absolute atomic E-state index is 12.0. The number of hydrogen-bond donors (Lipinski definition) is 1. The van der Waals surface area contributed by atoms with E-state index in [2.05, 4.69) is 15.5 Å². The summed E-state index contributed by atoms with van der Waals surface area (Å²) >= 11 is 0. The van der Waals surface area contributed by atoms with Crippen LogP contribution in [0.5, 0.6) is 11.5 Å². The van der Waals surface area contributed by atoms with E-state index in [0.717, 1.165) is 0 Å². The second kappa shape index (κ2) is 6.05. The van der Waals surface area contributed by atoms with Crippen LogP contribution in [0.4, 0.5) is 0 Å². The third-order valence-electron chi connectivity index (χ3n) is 2.58. The van der Waals surface area contributed by atoms with Gasteiger partial charge in [-0.15, -0.1) is 10.2 Å². The highest BCUT2D eigenvalue weighted by atomic mass is 16.5. The summed E-state index contributed by atoms with van der Waals surface area (Å²) in [5, 5.41) is 10.2. The number of methoxy groups -OCH3 is 2. The summed E-state index contributed by atoms with van der Waals surface area (Å²) in [6, 6.07) is 4.94. The molecule has 20 heavy (non-hydrogen) atoms. The fraction of sp³-hybridized carbons (Fsp3) is 0.308. The molecule has 0 bridgehead atoms. The molecule has 1 heterocycles. The van der Waals surface area contributed by atoms with Gasteiger partial charge in [0.1, 0.15) is 11.5 Å². The summed E-state index contributed by atoms with van der Waals surface area (Å²) in [4.78, 5) is 12.0. The molecule has 0 aliphatic heterocycles. The summed E-state index contributed by atoms with van der Waals surface area (Å²) in [5.41, 5.74) is 0.428. The molecule has 2 rings (SSSR count). The fourth-order valence-electron chi connectivity index (χ4n) is 1.61. The maximum atomic E-state index is 12.0. The topological polar surface area (TPSA) is 86.5 Å². The van der Waals surface area contributed by atoms with Gasteiger partial charge in [0, 0.05) is 18.6 Å². The molecule has 0 saturated carbocycles. The molecule has 106 valence electrons. The number of nitrogens with zero attached hydrogens (tertiary/aromatic N) is 2. The van der Waals surface area contributed by atoms with E-state index in [1.807, 2.05) is 0 Å². The normalized spacial score (nSPS) is 10.2. The number of carbonyl (C=O) groups is 1. The van der Waals surface area contributed by atoms with Gasteiger partial charge in [-0.05, 0) is 12.1 Å². The van der Waals surface area contributed by atoms with Crippen LogP contribution < -0.4 is 14.8 Å². The molecule has 0 saturated heterocycles. The molecule has 1 aromatic carbocycles. The fourth-order valence-corrected chi connectivity index (χ4v) is 1.61. The van der Waals surface area contributed by atoms with Gasteiger partial charge in [-0.1, -0.05) is 0 Å². The van der Waals surface area contributed by atoms with Crippen molar-refractivity contribution in [2.24, 2.45) is 0 Å². The molecule has 1 amide bonds. The molecule has 0 radical (unpaired) electrons. The Kier molecular flexibility index (Phi) is 4.19. The van der Waals surface area contributed by atoms with E-state index in [1.54, 1.807) is 25.1 Å². The quantitative estimate of drug-likeness (QED) is 0.887. The largest absolute Gasteiger partial charge is 0.497 e. The Hall–Kier alpha value is -2.57. The molecular weight excluding hydrogens is 262 g/mol. The van der Waals surface area contributed by atoms with Crippen LogP contribution >= 0.6 is 0 Å². The van der Waals surface area contributed by atoms with Crippen LogP contribution in [0.2, 0.25) is 0 Å². The van der Waals surface area contributed by atoms with Gasteiger partial charge in [0.2, 0.25) is 11.8 Å². The van der Waals surface area contributed by atoms with E-state index in [9.17, 15) is 4.79 Å². The maximum Gasteiger partial charge on any atom is 0.251 e. The first-order valence-electron chi connectivity index (χ1n) is 5.92. The Morgan fingerprint density at radius 2 is 1.85 bits per heavy atom. The third-order valence-corrected chi connectivity index (χ3v) is 2.58. The Bertz CT molecular complexity index is 587. The number of hydrogen-bond acceptors (Lipinski definition) is 6. The Labute approximate surface area is 115 Å². The SMILES string of the molecule is COc1cc(OC)cc(C(=O)NCc2nnc(C)o2)c1. The second-order valence-electron chi connectivity index (χ2n) is 4.00. The smallest absolute Gasteiger partial charge is 0.251 e. The van der Waals surface area contributed by atoms with Crippen LogP contribution in [-0.4, -0.2) is 30.3 Å². The molecule has 0 aliphatic rings. The summed E-state index contributed by atoms with van der Waals surface area (Å²) < 4.78 is 15.4. The molecule has 0 fully saturated rings. The lowest BCUT2D eigenvalue weighted by Crippen LogP contribution is -2.23. The third kappa shape index (κ3) is 3.25. The van der Waals surface area contributed by atoms with Crippen molar-refractivity contribution in [2.45, 2.75) is 13.5 Å². The predicted molar refractivity (Wildman–Crippen MR) is 69.8 cm³/mol. The number of aromatic nitrogens is 2. The molecule has 0 aliphatic carbocycles. The Morgan fingerprint density at radius 3 is 2.35 bits per heavy atom. The molecule has 7 heteroatoms. The average Bonchev–Trinajstić information content (AvgIpc) is 2.89. The molecule has 0 spiro atoms. The number of rotatable bonds is 5. The van der Waals surface area contributed by atoms with Crippen molar-refractivity contribution in [3.05, 3.63) is 35.5 Å². The first-order chi connectivity index (χ1) is 9.62. The van der Waals surface area contributed by atoms with Crippen molar-refractivity contribution < 1.29 is 18.7 Å². The zero-order valence-corrected chi connectivity index (χ0v) is 11.5. The molecule has 1 aromatic heterocycles. The summed E-state index contributed by atoms with van der Waals surface area (Å²) in [5.74, 6) is 1.62. The lowest BCUT2D eigenvalue weighted by Gasteiger charge is -2.08. The zero-order valence-electron chi connectivity index (χ0n) is 11.5. The standard InChI is InChI=1S/C13H15N3O4/c1-8-15-16-12(20-8)7-14-13(17)9-4-10(18-2)6-11(5-9)19-3/h4-6H,7H2,1-3H3,(H,14,17). The lowest BCUT2D eigenvalue weighted by atomic mass is 10.2. The van der Waals surface area contributed by atoms with Gasteiger partial charge >= 0.3 is 0 Å². The number of aryl methyl sites for hydroxylation is 1. The molecule has 7 nitrogen and oxygen atoms in total. The van der Waals surface area contributed by atoms with Crippen molar-refractivity contribution in [3.63, 3.8) is 0 Å². The zero-order chi connectivity index (χ0) is 14.5. The van der Waals surface area contributed by atoms with E-state index in [4.69, 9.17) is 13.9 Å². The van der Waals surface area contributed by atoms with Crippen LogP contribution in [-0.2, 0) is 6.54 Å². The monoisotopic (exact) mass is 277 g/mol. The highest BCUT2D eigenvalue weighted by Crippen LogP contribution is 2.22. The predicted octanol–water partition coefficient (Wildman–Crippen LogP) is 1.33. The average molecular weight is 277 g/mol. The van der Waals surface area contributed by atoms with E-state index < -0.39 is 0 Å². The van der Waals surface area contributed by atoms with Crippen molar-refractivity contribution in [2.75, 3.05) is 14.2 Å². The van der Waals surface area contributed by atoms with Crippen molar-refractivity contribution >= 4 is 5.91 Å². The molecule has 2 aromatic rings. The van der Waals surface area contributed by atoms with Gasteiger partial charge in [-0.25, -0.2) is 0 Å². The first-order valence-corrected chi connectivity index (χ1v) is 5.92. The van der Waals surface area contributed by atoms with E-state index >= 15 is 0 Å². The van der Waals surface area contributed by atoms with Crippen molar-refractivity contribution in [3.8, 4) is 11.5 Å². The number of benzene rings is 1. The van der Waals surface area contributed by atoms with E-state index in [1.165, 1.54) is 14.2 Å². The van der Waals surface area contributed by atoms with Gasteiger partial charge in [-0.2, -0.15) is 0 Å². The van der Waals surface area contributed by atoms with Crippen molar-refractivity contribution in [1.29, 1.82) is 0 Å². The molecule has 1 N–H and O–H groups in total. The first kappa shape index (κ1) is 13.9. The minimum absolute atomic E-state index is 0.166.